The molecule has 0 saturated carbocycles. The number of carboxylic acid groups (broad SMARTS) is 1. The van der Waals surface area contributed by atoms with Crippen molar-refractivity contribution in [3.63, 3.8) is 0 Å². The van der Waals surface area contributed by atoms with E-state index in [1.807, 2.05) is 90.4 Å². The van der Waals surface area contributed by atoms with Crippen LogP contribution < -0.4 is 14.2 Å². The summed E-state index contributed by atoms with van der Waals surface area (Å²) >= 11 is 5.49. The summed E-state index contributed by atoms with van der Waals surface area (Å²) in [5, 5.41) is 8.67. The molecule has 18 heteroatoms. The molecule has 3 saturated heterocycles. The van der Waals surface area contributed by atoms with Crippen LogP contribution >= 0.6 is 36.4 Å². The summed E-state index contributed by atoms with van der Waals surface area (Å²) in [5.41, 5.74) is 6.06. The zero-order chi connectivity index (χ0) is 59.1. The van der Waals surface area contributed by atoms with Gasteiger partial charge in [-0.2, -0.15) is 0 Å². The average molecular weight is 1190 g/mol. The van der Waals surface area contributed by atoms with Gasteiger partial charge in [0.2, 0.25) is 0 Å². The zero-order valence-electron chi connectivity index (χ0n) is 51.0. The first-order valence-corrected chi connectivity index (χ1v) is 29.1. The van der Waals surface area contributed by atoms with E-state index in [1.54, 1.807) is 0 Å². The van der Waals surface area contributed by atoms with Crippen molar-refractivity contribution >= 4 is 72.2 Å². The minimum Gasteiger partial charge on any atom is -0.480 e. The molecule has 0 aromatic heterocycles. The number of rotatable bonds is 17. The second-order valence-corrected chi connectivity index (χ2v) is 23.1. The Kier molecular flexibility index (Phi) is 34.3. The molecule has 81 heavy (non-hydrogen) atoms. The molecular weight excluding hydrogens is 1100 g/mol. The fourth-order valence-electron chi connectivity index (χ4n) is 9.82. The van der Waals surface area contributed by atoms with Crippen LogP contribution in [-0.4, -0.2) is 134 Å². The number of likely N-dealkylation sites (tertiary alicyclic amines) is 3. The predicted octanol–water partition coefficient (Wildman–Crippen LogP) is 13.2. The van der Waals surface area contributed by atoms with E-state index in [9.17, 15) is 28.8 Å². The summed E-state index contributed by atoms with van der Waals surface area (Å²) in [6, 6.07) is 17.1. The van der Waals surface area contributed by atoms with Crippen molar-refractivity contribution < 1.29 is 57.6 Å². The van der Waals surface area contributed by atoms with Gasteiger partial charge in [-0.15, -0.1) is 36.4 Å². The molecule has 15 nitrogen and oxygen atoms in total. The van der Waals surface area contributed by atoms with Gasteiger partial charge in [-0.1, -0.05) is 157 Å². The maximum absolute atomic E-state index is 12.3. The zero-order valence-corrected chi connectivity index (χ0v) is 53.4. The Hall–Kier alpha value is -4.77. The standard InChI is InChI=1S/2C21H31NO4.C14H19ClO2.C7H13NO2.2ClH/c2*1-14(2)16-9-8-10-17(15(3)4)20(16)26-19(23)13-25-21(24)18-11-6-7-12-22(18)5;1-9(2)11-6-5-7-12(10(3)4)14(11)17-13(16)8-15;1-8-5-3-2-4-6(8)7(9)10;;/h2*8-10,14-15,18H,6-7,11-13H2,1-5H3;5-7,9-10H,8H2,1-4H3;6H,2-5H2,1H3,(H,9,10);2*1H. The lowest BCUT2D eigenvalue weighted by Gasteiger charge is -2.30. The monoisotopic (exact) mass is 1190 g/mol. The smallest absolute Gasteiger partial charge is 0.349 e. The van der Waals surface area contributed by atoms with Crippen LogP contribution in [0.4, 0.5) is 0 Å². The van der Waals surface area contributed by atoms with Gasteiger partial charge < -0.3 is 28.8 Å². The van der Waals surface area contributed by atoms with Crippen LogP contribution in [0.3, 0.4) is 0 Å². The number of carbonyl (C=O) groups excluding carboxylic acids is 5. The van der Waals surface area contributed by atoms with E-state index in [-0.39, 0.29) is 97.6 Å². The number of aliphatic carboxylic acids is 1. The summed E-state index contributed by atoms with van der Waals surface area (Å²) in [4.78, 5) is 76.9. The number of halogens is 3. The van der Waals surface area contributed by atoms with Crippen molar-refractivity contribution in [2.75, 3.05) is 59.9 Å². The van der Waals surface area contributed by atoms with Crippen LogP contribution in [0.2, 0.25) is 0 Å². The van der Waals surface area contributed by atoms with E-state index in [0.717, 1.165) is 111 Å². The molecule has 456 valence electrons. The molecule has 0 bridgehead atoms. The predicted molar refractivity (Wildman–Crippen MR) is 326 cm³/mol. The fraction of sp³-hybridized carbons (Fsp3) is 0.619. The fourth-order valence-corrected chi connectivity index (χ4v) is 9.87. The summed E-state index contributed by atoms with van der Waals surface area (Å²) < 4.78 is 27.1. The van der Waals surface area contributed by atoms with Crippen LogP contribution in [0.15, 0.2) is 54.6 Å². The second kappa shape index (κ2) is 37.4. The Labute approximate surface area is 501 Å². The molecule has 3 atom stereocenters. The van der Waals surface area contributed by atoms with E-state index in [2.05, 4.69) is 83.1 Å². The number of carbonyl (C=O) groups is 6. The number of nitrogens with zero attached hydrogens (tertiary/aromatic N) is 3. The minimum atomic E-state index is -0.679. The third-order valence-corrected chi connectivity index (χ3v) is 14.7. The average Bonchev–Trinajstić information content (AvgIpc) is 3.40. The summed E-state index contributed by atoms with van der Waals surface area (Å²) in [7, 11) is 5.70. The minimum absolute atomic E-state index is 0. The first kappa shape index (κ1) is 74.2. The Balaban J connectivity index is 0.000000562. The number of hydrogen-bond donors (Lipinski definition) is 1. The van der Waals surface area contributed by atoms with E-state index < -0.39 is 23.9 Å². The highest BCUT2D eigenvalue weighted by molar-refractivity contribution is 6.26. The number of esters is 5. The highest BCUT2D eigenvalue weighted by Gasteiger charge is 2.30. The molecular formula is C63H96Cl3N3O12. The van der Waals surface area contributed by atoms with Crippen LogP contribution in [0.5, 0.6) is 17.2 Å². The highest BCUT2D eigenvalue weighted by atomic mass is 35.5. The SMILES string of the molecule is CC(C)c1cccc(C(C)C)c1OC(=O)CCl.CC(C)c1cccc(C(C)C)c1OC(=O)COC(=O)C1CCCCN1C.CC(C)c1cccc(C(C)C)c1OC(=O)COC(=O)C1CCCCN1C.CN1CCCCC1C(=O)O.Cl.Cl. The molecule has 0 radical (unpaired) electrons. The Morgan fingerprint density at radius 1 is 0.444 bits per heavy atom. The lowest BCUT2D eigenvalue weighted by molar-refractivity contribution is -0.158. The number of hydrogen-bond acceptors (Lipinski definition) is 14. The van der Waals surface area contributed by atoms with Gasteiger partial charge in [-0.05, 0) is 148 Å². The summed E-state index contributed by atoms with van der Waals surface area (Å²) in [5.74, 6) is 0.487. The maximum Gasteiger partial charge on any atom is 0.349 e. The van der Waals surface area contributed by atoms with Crippen molar-refractivity contribution in [3.05, 3.63) is 88.0 Å². The highest BCUT2D eigenvalue weighted by Crippen LogP contribution is 2.37. The number of para-hydroxylation sites is 3. The number of ether oxygens (including phenoxy) is 5. The largest absolute Gasteiger partial charge is 0.480 e. The lowest BCUT2D eigenvalue weighted by Crippen LogP contribution is -2.43. The van der Waals surface area contributed by atoms with E-state index in [4.69, 9.17) is 40.4 Å². The van der Waals surface area contributed by atoms with Crippen LogP contribution in [0, 0.1) is 0 Å². The molecule has 3 fully saturated rings. The molecule has 0 amide bonds. The lowest BCUT2D eigenvalue weighted by atomic mass is 9.94. The van der Waals surface area contributed by atoms with Gasteiger partial charge in [0.15, 0.2) is 13.2 Å². The van der Waals surface area contributed by atoms with Crippen molar-refractivity contribution in [2.24, 2.45) is 0 Å². The Bertz CT molecular complexity index is 2260. The third-order valence-electron chi connectivity index (χ3n) is 14.5. The van der Waals surface area contributed by atoms with Crippen LogP contribution in [-0.2, 0) is 38.2 Å². The molecule has 0 spiro atoms. The van der Waals surface area contributed by atoms with E-state index >= 15 is 0 Å². The molecule has 1 N–H and O–H groups in total. The van der Waals surface area contributed by atoms with Crippen molar-refractivity contribution in [2.45, 2.75) is 195 Å². The number of carboxylic acids is 1. The number of likely N-dealkylation sites (N-methyl/N-ethyl adjacent to an activating group) is 3. The topological polar surface area (TPSA) is 179 Å². The molecule has 3 heterocycles. The van der Waals surface area contributed by atoms with Gasteiger partial charge >= 0.3 is 35.8 Å². The summed E-state index contributed by atoms with van der Waals surface area (Å²) in [6.07, 6.45) is 8.75. The molecule has 3 unspecified atom stereocenters. The maximum atomic E-state index is 12.3. The van der Waals surface area contributed by atoms with Gasteiger partial charge in [0.25, 0.3) is 0 Å². The first-order valence-electron chi connectivity index (χ1n) is 28.5. The number of benzene rings is 3. The first-order chi connectivity index (χ1) is 37.3. The van der Waals surface area contributed by atoms with E-state index in [1.165, 1.54) is 0 Å². The quantitative estimate of drug-likeness (QED) is 0.0766. The normalized spacial score (nSPS) is 17.5. The van der Waals surface area contributed by atoms with Gasteiger partial charge in [-0.3, -0.25) is 33.9 Å². The van der Waals surface area contributed by atoms with Crippen molar-refractivity contribution in [1.82, 2.24) is 14.7 Å². The molecule has 3 aromatic carbocycles. The van der Waals surface area contributed by atoms with Crippen LogP contribution in [0.25, 0.3) is 0 Å². The molecule has 3 aliphatic heterocycles. The third kappa shape index (κ3) is 23.8. The van der Waals surface area contributed by atoms with Crippen molar-refractivity contribution in [3.8, 4) is 17.2 Å². The molecule has 0 aliphatic carbocycles. The van der Waals surface area contributed by atoms with Crippen molar-refractivity contribution in [1.29, 1.82) is 0 Å². The number of alkyl halides is 1. The van der Waals surface area contributed by atoms with Gasteiger partial charge in [0.1, 0.15) is 41.3 Å². The summed E-state index contributed by atoms with van der Waals surface area (Å²) in [6.45, 7) is 26.8. The Morgan fingerprint density at radius 2 is 0.691 bits per heavy atom. The number of piperidine rings is 3. The Morgan fingerprint density at radius 3 is 0.901 bits per heavy atom. The van der Waals surface area contributed by atoms with Gasteiger partial charge in [0, 0.05) is 0 Å². The molecule has 6 rings (SSSR count). The van der Waals surface area contributed by atoms with Crippen LogP contribution in [0.1, 0.15) is 210 Å². The molecule has 3 aromatic rings. The van der Waals surface area contributed by atoms with Gasteiger partial charge in [-0.25, -0.2) is 9.59 Å². The van der Waals surface area contributed by atoms with E-state index in [0.29, 0.717) is 29.1 Å². The van der Waals surface area contributed by atoms with Gasteiger partial charge in [0.05, 0.1) is 0 Å². The molecule has 3 aliphatic rings. The second-order valence-electron chi connectivity index (χ2n) is 22.8.